The molecule has 0 saturated heterocycles. The van der Waals surface area contributed by atoms with E-state index in [1.807, 2.05) is 0 Å². The van der Waals surface area contributed by atoms with Gasteiger partial charge in [-0.15, -0.1) is 0 Å². The highest BCUT2D eigenvalue weighted by Crippen LogP contribution is 2.63. The molecule has 0 unspecified atom stereocenters. The van der Waals surface area contributed by atoms with Crippen molar-refractivity contribution >= 4 is 59.5 Å². The SMILES string of the molecule is CN(C)c1c2cccc3c2c2c4c(ccc5cccc(c6cccc1c62)c54)C31c2ccccc2-c2ccccc21. The summed E-state index contributed by atoms with van der Waals surface area (Å²) >= 11 is 0. The van der Waals surface area contributed by atoms with E-state index in [0.29, 0.717) is 0 Å². The molecule has 8 aromatic carbocycles. The van der Waals surface area contributed by atoms with Crippen molar-refractivity contribution in [1.29, 1.82) is 0 Å². The molecule has 0 bridgehead atoms. The average Bonchev–Trinajstić information content (AvgIpc) is 3.29. The highest BCUT2D eigenvalue weighted by Gasteiger charge is 2.50. The van der Waals surface area contributed by atoms with Crippen molar-refractivity contribution in [2.24, 2.45) is 0 Å². The van der Waals surface area contributed by atoms with Gasteiger partial charge in [0.15, 0.2) is 0 Å². The summed E-state index contributed by atoms with van der Waals surface area (Å²) < 4.78 is 0. The van der Waals surface area contributed by atoms with E-state index in [4.69, 9.17) is 0 Å². The first-order valence-electron chi connectivity index (χ1n) is 14.2. The standard InChI is InChI=1S/C39H25N/c1-40(2)38-27-15-8-14-26-25-13-7-10-22-20-21-32-36(33(22)25)37(34(26)27)35-28(38)16-9-19-31(35)39(32)29-17-5-3-11-23(29)24-12-4-6-18-30(24)39/h3-21H,1-2H3. The first-order chi connectivity index (χ1) is 19.7. The Morgan fingerprint density at radius 2 is 0.950 bits per heavy atom. The van der Waals surface area contributed by atoms with Crippen molar-refractivity contribution in [1.82, 2.24) is 0 Å². The molecule has 1 heteroatoms. The minimum atomic E-state index is -0.375. The van der Waals surface area contributed by atoms with Gasteiger partial charge in [0.25, 0.3) is 0 Å². The van der Waals surface area contributed by atoms with Crippen LogP contribution >= 0.6 is 0 Å². The molecule has 0 aromatic heterocycles. The quantitative estimate of drug-likeness (QED) is 0.158. The predicted molar refractivity (Wildman–Crippen MR) is 170 cm³/mol. The molecular weight excluding hydrogens is 482 g/mol. The van der Waals surface area contributed by atoms with Crippen molar-refractivity contribution in [3.05, 3.63) is 138 Å². The summed E-state index contributed by atoms with van der Waals surface area (Å²) in [6, 6.07) is 43.9. The maximum Gasteiger partial charge on any atom is 0.0726 e. The maximum absolute atomic E-state index is 2.45. The monoisotopic (exact) mass is 507 g/mol. The fourth-order valence-corrected chi connectivity index (χ4v) is 8.71. The summed E-state index contributed by atoms with van der Waals surface area (Å²) in [4.78, 5) is 2.32. The number of anilines is 1. The predicted octanol–water partition coefficient (Wildman–Crippen LogP) is 9.63. The van der Waals surface area contributed by atoms with E-state index >= 15 is 0 Å². The first kappa shape index (κ1) is 21.0. The molecule has 0 atom stereocenters. The zero-order chi connectivity index (χ0) is 26.3. The van der Waals surface area contributed by atoms with Crippen molar-refractivity contribution in [3.63, 3.8) is 0 Å². The molecule has 8 aromatic rings. The van der Waals surface area contributed by atoms with Crippen LogP contribution in [-0.2, 0) is 5.41 Å². The van der Waals surface area contributed by atoms with Gasteiger partial charge in [-0.1, -0.05) is 115 Å². The summed E-state index contributed by atoms with van der Waals surface area (Å²) in [5.41, 5.74) is 9.25. The van der Waals surface area contributed by atoms with Crippen molar-refractivity contribution in [2.45, 2.75) is 5.41 Å². The van der Waals surface area contributed by atoms with Crippen molar-refractivity contribution in [3.8, 4) is 11.1 Å². The van der Waals surface area contributed by atoms with Crippen LogP contribution in [0.5, 0.6) is 0 Å². The van der Waals surface area contributed by atoms with E-state index < -0.39 is 0 Å². The van der Waals surface area contributed by atoms with E-state index in [0.717, 1.165) is 0 Å². The van der Waals surface area contributed by atoms with Gasteiger partial charge in [-0.05, 0) is 71.1 Å². The summed E-state index contributed by atoms with van der Waals surface area (Å²) in [6.07, 6.45) is 0. The van der Waals surface area contributed by atoms with Gasteiger partial charge in [0.05, 0.1) is 11.1 Å². The highest BCUT2D eigenvalue weighted by atomic mass is 15.1. The van der Waals surface area contributed by atoms with Crippen molar-refractivity contribution in [2.75, 3.05) is 19.0 Å². The van der Waals surface area contributed by atoms with Gasteiger partial charge in [0.1, 0.15) is 0 Å². The Hall–Kier alpha value is -4.88. The lowest BCUT2D eigenvalue weighted by Gasteiger charge is -2.40. The third kappa shape index (κ3) is 2.08. The molecule has 0 aliphatic heterocycles. The lowest BCUT2D eigenvalue weighted by atomic mass is 9.61. The van der Waals surface area contributed by atoms with Crippen LogP contribution in [0, 0.1) is 0 Å². The van der Waals surface area contributed by atoms with Crippen LogP contribution in [0.4, 0.5) is 5.69 Å². The summed E-state index contributed by atoms with van der Waals surface area (Å²) in [5, 5.41) is 13.8. The molecule has 0 N–H and O–H groups in total. The Labute approximate surface area is 232 Å². The molecule has 1 nitrogen and oxygen atoms in total. The molecule has 2 aliphatic rings. The minimum absolute atomic E-state index is 0.375. The Balaban J connectivity index is 1.62. The van der Waals surface area contributed by atoms with Gasteiger partial charge in [0, 0.05) is 30.3 Å². The molecule has 2 aliphatic carbocycles. The van der Waals surface area contributed by atoms with Crippen LogP contribution in [0.3, 0.4) is 0 Å². The molecule has 10 rings (SSSR count). The lowest BCUT2D eigenvalue weighted by molar-refractivity contribution is 0.783. The highest BCUT2D eigenvalue weighted by molar-refractivity contribution is 6.42. The summed E-state index contributed by atoms with van der Waals surface area (Å²) in [6.45, 7) is 0. The molecule has 0 fully saturated rings. The van der Waals surface area contributed by atoms with E-state index in [2.05, 4.69) is 134 Å². The van der Waals surface area contributed by atoms with Crippen LogP contribution in [0.25, 0.3) is 65.0 Å². The fourth-order valence-electron chi connectivity index (χ4n) is 8.71. The van der Waals surface area contributed by atoms with Gasteiger partial charge in [-0.2, -0.15) is 0 Å². The normalized spacial score (nSPS) is 14.4. The Morgan fingerprint density at radius 1 is 0.400 bits per heavy atom. The zero-order valence-electron chi connectivity index (χ0n) is 22.4. The Morgan fingerprint density at radius 3 is 1.68 bits per heavy atom. The second kappa shape index (κ2) is 6.81. The van der Waals surface area contributed by atoms with Crippen LogP contribution in [0.1, 0.15) is 22.3 Å². The smallest absolute Gasteiger partial charge is 0.0726 e. The van der Waals surface area contributed by atoms with E-state index in [1.54, 1.807) is 0 Å². The molecule has 1 spiro atoms. The topological polar surface area (TPSA) is 3.24 Å². The molecule has 40 heavy (non-hydrogen) atoms. The number of hydrogen-bond donors (Lipinski definition) is 0. The second-order valence-corrected chi connectivity index (χ2v) is 11.8. The Kier molecular flexibility index (Phi) is 3.58. The summed E-state index contributed by atoms with van der Waals surface area (Å²) in [7, 11) is 4.39. The fraction of sp³-hybridized carbons (Fsp3) is 0.0769. The van der Waals surface area contributed by atoms with Crippen LogP contribution in [0.2, 0.25) is 0 Å². The third-order valence-corrected chi connectivity index (χ3v) is 9.93. The van der Waals surface area contributed by atoms with Crippen LogP contribution in [0.15, 0.2) is 115 Å². The molecule has 0 saturated carbocycles. The van der Waals surface area contributed by atoms with Crippen LogP contribution in [-0.4, -0.2) is 14.1 Å². The molecule has 0 radical (unpaired) electrons. The maximum atomic E-state index is 2.45. The zero-order valence-corrected chi connectivity index (χ0v) is 22.4. The van der Waals surface area contributed by atoms with Gasteiger partial charge < -0.3 is 4.90 Å². The van der Waals surface area contributed by atoms with Crippen LogP contribution < -0.4 is 4.90 Å². The molecule has 186 valence electrons. The second-order valence-electron chi connectivity index (χ2n) is 11.8. The lowest BCUT2D eigenvalue weighted by Crippen LogP contribution is -2.31. The van der Waals surface area contributed by atoms with Crippen molar-refractivity contribution < 1.29 is 0 Å². The molecular formula is C39H25N. The van der Waals surface area contributed by atoms with Gasteiger partial charge >= 0.3 is 0 Å². The van der Waals surface area contributed by atoms with Gasteiger partial charge in [-0.25, -0.2) is 0 Å². The average molecular weight is 508 g/mol. The number of benzene rings is 8. The minimum Gasteiger partial charge on any atom is -0.377 e. The van der Waals surface area contributed by atoms with Gasteiger partial charge in [-0.3, -0.25) is 0 Å². The first-order valence-corrected chi connectivity index (χ1v) is 14.2. The largest absolute Gasteiger partial charge is 0.377 e. The number of rotatable bonds is 1. The molecule has 0 amide bonds. The Bertz CT molecular complexity index is 2360. The number of hydrogen-bond acceptors (Lipinski definition) is 1. The third-order valence-electron chi connectivity index (χ3n) is 9.93. The van der Waals surface area contributed by atoms with E-state index in [9.17, 15) is 0 Å². The number of fused-ring (bicyclic) bond motifs is 8. The number of nitrogens with zero attached hydrogens (tertiary/aromatic N) is 1. The van der Waals surface area contributed by atoms with E-state index in [1.165, 1.54) is 92.9 Å². The van der Waals surface area contributed by atoms with Gasteiger partial charge in [0.2, 0.25) is 0 Å². The molecule has 0 heterocycles. The summed E-state index contributed by atoms with van der Waals surface area (Å²) in [5.74, 6) is 0. The van der Waals surface area contributed by atoms with E-state index in [-0.39, 0.29) is 5.41 Å².